The van der Waals surface area contributed by atoms with Gasteiger partial charge < -0.3 is 30.3 Å². The Bertz CT molecular complexity index is 185. The van der Waals surface area contributed by atoms with Gasteiger partial charge >= 0.3 is 0 Å². The van der Waals surface area contributed by atoms with Gasteiger partial charge in [-0.1, -0.05) is 0 Å². The van der Waals surface area contributed by atoms with E-state index >= 15 is 0 Å². The van der Waals surface area contributed by atoms with E-state index in [-0.39, 0.29) is 17.1 Å². The normalized spacial score (nSPS) is 6.31. The SMILES string of the molecule is N#N.[Fe].[cH-]1[cH-][cH-][cH-][cH-]1.c1cc[cH-]c1. The summed E-state index contributed by atoms with van der Waals surface area (Å²) < 4.78 is 0. The molecule has 0 aromatic heterocycles. The molecular formula is C10H10FeN2-6. The summed E-state index contributed by atoms with van der Waals surface area (Å²) in [6, 6.07) is 20.0. The topological polar surface area (TPSA) is 47.6 Å². The van der Waals surface area contributed by atoms with Crippen LogP contribution in [0.3, 0.4) is 0 Å². The van der Waals surface area contributed by atoms with Crippen molar-refractivity contribution in [3.63, 3.8) is 0 Å². The first kappa shape index (κ1) is 14.2. The molecule has 0 radical (unpaired) electrons. The number of hydrogen-bond acceptors (Lipinski definition) is 2. The summed E-state index contributed by atoms with van der Waals surface area (Å²) >= 11 is 0. The van der Waals surface area contributed by atoms with Crippen LogP contribution in [0.5, 0.6) is 0 Å². The van der Waals surface area contributed by atoms with Gasteiger partial charge in [0.2, 0.25) is 0 Å². The molecule has 0 N–H and O–H groups in total. The molecule has 0 saturated carbocycles. The third-order valence-corrected chi connectivity index (χ3v) is 1.11. The average molecular weight is 214 g/mol. The first-order chi connectivity index (χ1) is 6.00. The zero-order chi connectivity index (χ0) is 9.07. The van der Waals surface area contributed by atoms with Crippen LogP contribution >= 0.6 is 0 Å². The molecule has 3 heteroatoms. The van der Waals surface area contributed by atoms with Gasteiger partial charge in [0.05, 0.1) is 0 Å². The van der Waals surface area contributed by atoms with E-state index in [1.807, 2.05) is 60.7 Å². The Morgan fingerprint density at radius 3 is 1.15 bits per heavy atom. The zero-order valence-electron chi connectivity index (χ0n) is 7.02. The second kappa shape index (κ2) is 13.2. The van der Waals surface area contributed by atoms with Gasteiger partial charge in [-0.25, -0.2) is 12.1 Å². The Morgan fingerprint density at radius 2 is 1.00 bits per heavy atom. The molecule has 0 unspecified atom stereocenters. The van der Waals surface area contributed by atoms with Gasteiger partial charge in [-0.05, 0) is 0 Å². The molecule has 2 rings (SSSR count). The van der Waals surface area contributed by atoms with E-state index in [2.05, 4.69) is 0 Å². The summed E-state index contributed by atoms with van der Waals surface area (Å²) in [5, 5.41) is 12.0. The van der Waals surface area contributed by atoms with Crippen molar-refractivity contribution < 1.29 is 17.1 Å². The fourth-order valence-electron chi connectivity index (χ4n) is 0.642. The summed E-state index contributed by atoms with van der Waals surface area (Å²) in [6.45, 7) is 0. The molecule has 2 aromatic rings. The van der Waals surface area contributed by atoms with Crippen LogP contribution in [0.1, 0.15) is 0 Å². The van der Waals surface area contributed by atoms with Crippen molar-refractivity contribution in [2.24, 2.45) is 0 Å². The number of nitrogens with zero attached hydrogens (tertiary/aromatic N) is 2. The van der Waals surface area contributed by atoms with E-state index in [1.54, 1.807) is 0 Å². The van der Waals surface area contributed by atoms with Crippen molar-refractivity contribution in [3.05, 3.63) is 60.7 Å². The Labute approximate surface area is 88.8 Å². The van der Waals surface area contributed by atoms with Gasteiger partial charge in [-0.2, -0.15) is 18.2 Å². The second-order valence-corrected chi connectivity index (χ2v) is 1.92. The molecule has 0 aliphatic heterocycles. The molecule has 13 heavy (non-hydrogen) atoms. The first-order valence-corrected chi connectivity index (χ1v) is 3.53. The maximum Gasteiger partial charge on any atom is 0 e. The van der Waals surface area contributed by atoms with E-state index in [0.717, 1.165) is 0 Å². The summed E-state index contributed by atoms with van der Waals surface area (Å²) in [7, 11) is 0. The van der Waals surface area contributed by atoms with Crippen molar-refractivity contribution in [2.45, 2.75) is 0 Å². The van der Waals surface area contributed by atoms with Gasteiger partial charge in [-0.3, -0.25) is 0 Å². The molecule has 0 aliphatic rings. The molecule has 74 valence electrons. The molecule has 0 fully saturated rings. The first-order valence-electron chi connectivity index (χ1n) is 3.53. The van der Waals surface area contributed by atoms with Crippen LogP contribution < -0.4 is 0 Å². The Kier molecular flexibility index (Phi) is 14.4. The maximum atomic E-state index is 6.00. The summed E-state index contributed by atoms with van der Waals surface area (Å²) in [4.78, 5) is 0. The second-order valence-electron chi connectivity index (χ2n) is 1.92. The molecule has 2 nitrogen and oxygen atoms in total. The van der Waals surface area contributed by atoms with Gasteiger partial charge in [0.25, 0.3) is 0 Å². The van der Waals surface area contributed by atoms with Gasteiger partial charge in [-0.15, -0.1) is 0 Å². The van der Waals surface area contributed by atoms with E-state index in [4.69, 9.17) is 10.8 Å². The summed E-state index contributed by atoms with van der Waals surface area (Å²) in [6.07, 6.45) is 0. The van der Waals surface area contributed by atoms with E-state index in [9.17, 15) is 0 Å². The van der Waals surface area contributed by atoms with Crippen molar-refractivity contribution in [1.82, 2.24) is 0 Å². The molecule has 0 saturated heterocycles. The minimum atomic E-state index is 0. The Hall–Kier alpha value is -1.36. The summed E-state index contributed by atoms with van der Waals surface area (Å²) in [5.41, 5.74) is 0. The Balaban J connectivity index is 0. The van der Waals surface area contributed by atoms with Crippen LogP contribution in [0.4, 0.5) is 0 Å². The minimum Gasteiger partial charge on any atom is -0.748 e. The van der Waals surface area contributed by atoms with Gasteiger partial charge in [0.1, 0.15) is 0 Å². The predicted octanol–water partition coefficient (Wildman–Crippen LogP) is 2.84. The summed E-state index contributed by atoms with van der Waals surface area (Å²) in [5.74, 6) is 0. The van der Waals surface area contributed by atoms with Gasteiger partial charge in [0, 0.05) is 27.9 Å². The zero-order valence-corrected chi connectivity index (χ0v) is 8.13. The molecule has 0 atom stereocenters. The smallest absolute Gasteiger partial charge is 0 e. The fraction of sp³-hybridized carbons (Fsp3) is 0. The van der Waals surface area contributed by atoms with Crippen molar-refractivity contribution in [3.8, 4) is 0 Å². The maximum absolute atomic E-state index is 6.00. The van der Waals surface area contributed by atoms with Crippen molar-refractivity contribution >= 4 is 0 Å². The molecule has 0 heterocycles. The van der Waals surface area contributed by atoms with Crippen LogP contribution in [0.15, 0.2) is 60.7 Å². The number of rotatable bonds is 0. The van der Waals surface area contributed by atoms with E-state index in [0.29, 0.717) is 0 Å². The third kappa shape index (κ3) is 10.6. The van der Waals surface area contributed by atoms with Crippen LogP contribution in [0.25, 0.3) is 0 Å². The van der Waals surface area contributed by atoms with Crippen molar-refractivity contribution in [1.29, 1.82) is 10.8 Å². The molecule has 2 aromatic carbocycles. The Morgan fingerprint density at radius 1 is 0.692 bits per heavy atom. The van der Waals surface area contributed by atoms with Crippen molar-refractivity contribution in [2.75, 3.05) is 0 Å². The molecule has 0 amide bonds. The van der Waals surface area contributed by atoms with Crippen LogP contribution in [-0.2, 0) is 17.1 Å². The minimum absolute atomic E-state index is 0. The molecule has 0 spiro atoms. The quantitative estimate of drug-likeness (QED) is 0.384. The standard InChI is InChI=1S/2C5H5.Fe.N2/c2*1-2-4-5-3-1;;1-2/h2*1-5H;;/q-5;-1;;. The largest absolute Gasteiger partial charge is 0.748 e. The number of hydrogen-bond donors (Lipinski definition) is 0. The van der Waals surface area contributed by atoms with Crippen LogP contribution in [0.2, 0.25) is 0 Å². The molecular weight excluding hydrogens is 204 g/mol. The van der Waals surface area contributed by atoms with E-state index in [1.165, 1.54) is 0 Å². The fourth-order valence-corrected chi connectivity index (χ4v) is 0.642. The average Bonchev–Trinajstić information content (AvgIpc) is 2.87. The predicted molar refractivity (Wildman–Crippen MR) is 47.5 cm³/mol. The molecule has 0 aliphatic carbocycles. The third-order valence-electron chi connectivity index (χ3n) is 1.11. The monoisotopic (exact) mass is 214 g/mol. The van der Waals surface area contributed by atoms with E-state index < -0.39 is 0 Å². The van der Waals surface area contributed by atoms with Gasteiger partial charge in [0.15, 0.2) is 0 Å². The van der Waals surface area contributed by atoms with Crippen LogP contribution in [0, 0.1) is 10.8 Å². The molecule has 0 bridgehead atoms. The van der Waals surface area contributed by atoms with Crippen LogP contribution in [-0.4, -0.2) is 0 Å².